The van der Waals surface area contributed by atoms with Gasteiger partial charge >= 0.3 is 0 Å². The second-order valence-electron chi connectivity index (χ2n) is 2.99. The Balaban J connectivity index is 2.10. The van der Waals surface area contributed by atoms with Crippen LogP contribution in [0.3, 0.4) is 0 Å². The van der Waals surface area contributed by atoms with E-state index in [2.05, 4.69) is 15.5 Å². The van der Waals surface area contributed by atoms with Crippen LogP contribution in [0.4, 0.5) is 5.95 Å². The lowest BCUT2D eigenvalue weighted by molar-refractivity contribution is -0.115. The SMILES string of the molecule is NC(=O)CSc1nnc2n1CCCN2. The molecule has 0 saturated carbocycles. The number of rotatable bonds is 3. The molecule has 0 aromatic carbocycles. The van der Waals surface area contributed by atoms with Crippen molar-refractivity contribution in [1.82, 2.24) is 14.8 Å². The number of carbonyl (C=O) groups is 1. The fraction of sp³-hybridized carbons (Fsp3) is 0.571. The number of fused-ring (bicyclic) bond motifs is 1. The second kappa shape index (κ2) is 3.87. The van der Waals surface area contributed by atoms with Crippen LogP contribution in [0.5, 0.6) is 0 Å². The first kappa shape index (κ1) is 9.32. The first-order valence-electron chi connectivity index (χ1n) is 4.35. The van der Waals surface area contributed by atoms with Gasteiger partial charge in [0.25, 0.3) is 0 Å². The number of hydrogen-bond acceptors (Lipinski definition) is 5. The van der Waals surface area contributed by atoms with Gasteiger partial charge in [-0.05, 0) is 6.42 Å². The van der Waals surface area contributed by atoms with E-state index >= 15 is 0 Å². The van der Waals surface area contributed by atoms with Crippen LogP contribution in [-0.2, 0) is 11.3 Å². The fourth-order valence-corrected chi connectivity index (χ4v) is 2.00. The van der Waals surface area contributed by atoms with E-state index in [1.807, 2.05) is 4.57 Å². The molecule has 6 nitrogen and oxygen atoms in total. The molecule has 0 fully saturated rings. The van der Waals surface area contributed by atoms with Gasteiger partial charge in [0, 0.05) is 13.1 Å². The van der Waals surface area contributed by atoms with E-state index in [-0.39, 0.29) is 11.7 Å². The van der Waals surface area contributed by atoms with Gasteiger partial charge in [0.15, 0.2) is 5.16 Å². The normalized spacial score (nSPS) is 14.6. The average molecular weight is 213 g/mol. The monoisotopic (exact) mass is 213 g/mol. The zero-order valence-electron chi connectivity index (χ0n) is 7.56. The molecule has 1 aromatic rings. The second-order valence-corrected chi connectivity index (χ2v) is 3.94. The Morgan fingerprint density at radius 2 is 2.50 bits per heavy atom. The van der Waals surface area contributed by atoms with E-state index < -0.39 is 0 Å². The number of aromatic nitrogens is 3. The third-order valence-corrected chi connectivity index (χ3v) is 2.89. The van der Waals surface area contributed by atoms with Crippen LogP contribution in [0, 0.1) is 0 Å². The summed E-state index contributed by atoms with van der Waals surface area (Å²) >= 11 is 1.32. The van der Waals surface area contributed by atoms with Crippen molar-refractivity contribution in [3.8, 4) is 0 Å². The molecule has 1 aliphatic rings. The van der Waals surface area contributed by atoms with Gasteiger partial charge in [-0.3, -0.25) is 9.36 Å². The van der Waals surface area contributed by atoms with Crippen molar-refractivity contribution < 1.29 is 4.79 Å². The van der Waals surface area contributed by atoms with E-state index in [0.717, 1.165) is 30.6 Å². The van der Waals surface area contributed by atoms with E-state index in [0.29, 0.717) is 0 Å². The van der Waals surface area contributed by atoms with Gasteiger partial charge in [0.1, 0.15) is 0 Å². The summed E-state index contributed by atoms with van der Waals surface area (Å²) in [6.45, 7) is 1.83. The molecule has 0 spiro atoms. The maximum Gasteiger partial charge on any atom is 0.227 e. The Morgan fingerprint density at radius 1 is 1.64 bits per heavy atom. The molecule has 0 atom stereocenters. The number of hydrogen-bond donors (Lipinski definition) is 2. The van der Waals surface area contributed by atoms with E-state index in [4.69, 9.17) is 5.73 Å². The quantitative estimate of drug-likeness (QED) is 0.671. The highest BCUT2D eigenvalue weighted by Crippen LogP contribution is 2.21. The smallest absolute Gasteiger partial charge is 0.227 e. The number of carbonyl (C=O) groups excluding carboxylic acids is 1. The van der Waals surface area contributed by atoms with Crippen LogP contribution in [0.15, 0.2) is 5.16 Å². The molecule has 1 aliphatic heterocycles. The average Bonchev–Trinajstić information content (AvgIpc) is 2.58. The van der Waals surface area contributed by atoms with Crippen LogP contribution in [0.25, 0.3) is 0 Å². The van der Waals surface area contributed by atoms with Crippen molar-refractivity contribution in [2.45, 2.75) is 18.1 Å². The van der Waals surface area contributed by atoms with Gasteiger partial charge in [-0.1, -0.05) is 11.8 Å². The van der Waals surface area contributed by atoms with E-state index in [9.17, 15) is 4.79 Å². The topological polar surface area (TPSA) is 85.8 Å². The lowest BCUT2D eigenvalue weighted by Crippen LogP contribution is -2.18. The molecule has 2 rings (SSSR count). The third kappa shape index (κ3) is 1.82. The summed E-state index contributed by atoms with van der Waals surface area (Å²) in [4.78, 5) is 10.6. The Bertz CT molecular complexity index is 350. The first-order chi connectivity index (χ1) is 6.77. The lowest BCUT2D eigenvalue weighted by atomic mass is 10.4. The van der Waals surface area contributed by atoms with Crippen LogP contribution < -0.4 is 11.1 Å². The maximum atomic E-state index is 10.6. The van der Waals surface area contributed by atoms with Crippen LogP contribution in [-0.4, -0.2) is 33.0 Å². The van der Waals surface area contributed by atoms with Gasteiger partial charge < -0.3 is 11.1 Å². The molecule has 1 aromatic heterocycles. The van der Waals surface area contributed by atoms with Crippen LogP contribution in [0.1, 0.15) is 6.42 Å². The van der Waals surface area contributed by atoms with Gasteiger partial charge in [0.2, 0.25) is 11.9 Å². The van der Waals surface area contributed by atoms with Gasteiger partial charge in [0.05, 0.1) is 5.75 Å². The molecule has 2 heterocycles. The van der Waals surface area contributed by atoms with Gasteiger partial charge in [-0.2, -0.15) is 0 Å². The number of amides is 1. The Morgan fingerprint density at radius 3 is 3.29 bits per heavy atom. The van der Waals surface area contributed by atoms with Crippen molar-refractivity contribution in [1.29, 1.82) is 0 Å². The Kier molecular flexibility index (Phi) is 2.58. The molecule has 14 heavy (non-hydrogen) atoms. The van der Waals surface area contributed by atoms with Crippen molar-refractivity contribution in [2.75, 3.05) is 17.6 Å². The molecule has 3 N–H and O–H groups in total. The molecular formula is C7H11N5OS. The standard InChI is InChI=1S/C7H11N5OS/c8-5(13)4-14-7-11-10-6-9-2-1-3-12(6)7/h1-4H2,(H2,8,13)(H,9,10). The van der Waals surface area contributed by atoms with Crippen LogP contribution >= 0.6 is 11.8 Å². The molecule has 0 aliphatic carbocycles. The third-order valence-electron chi connectivity index (χ3n) is 1.90. The molecular weight excluding hydrogens is 202 g/mol. The zero-order chi connectivity index (χ0) is 9.97. The molecule has 1 amide bonds. The molecule has 0 unspecified atom stereocenters. The summed E-state index contributed by atoms with van der Waals surface area (Å²) in [6, 6.07) is 0. The fourth-order valence-electron chi connectivity index (χ4n) is 1.30. The summed E-state index contributed by atoms with van der Waals surface area (Å²) in [5.41, 5.74) is 5.05. The summed E-state index contributed by atoms with van der Waals surface area (Å²) in [5, 5.41) is 11.8. The minimum Gasteiger partial charge on any atom is -0.369 e. The largest absolute Gasteiger partial charge is 0.369 e. The minimum absolute atomic E-state index is 0.248. The predicted octanol–water partition coefficient (Wildman–Crippen LogP) is -0.329. The predicted molar refractivity (Wildman–Crippen MR) is 53.0 cm³/mol. The van der Waals surface area contributed by atoms with Crippen molar-refractivity contribution in [3.05, 3.63) is 0 Å². The van der Waals surface area contributed by atoms with Crippen molar-refractivity contribution in [2.24, 2.45) is 5.73 Å². The van der Waals surface area contributed by atoms with E-state index in [1.165, 1.54) is 11.8 Å². The lowest BCUT2D eigenvalue weighted by Gasteiger charge is -2.15. The number of nitrogens with two attached hydrogens (primary N) is 1. The number of thioether (sulfide) groups is 1. The molecule has 7 heteroatoms. The minimum atomic E-state index is -0.337. The molecule has 76 valence electrons. The Hall–Kier alpha value is -1.24. The summed E-state index contributed by atoms with van der Waals surface area (Å²) < 4.78 is 1.97. The maximum absolute atomic E-state index is 10.6. The molecule has 0 bridgehead atoms. The van der Waals surface area contributed by atoms with E-state index in [1.54, 1.807) is 0 Å². The number of primary amides is 1. The van der Waals surface area contributed by atoms with Crippen molar-refractivity contribution >= 4 is 23.6 Å². The summed E-state index contributed by atoms with van der Waals surface area (Å²) in [6.07, 6.45) is 1.05. The Labute approximate surface area is 85.3 Å². The highest BCUT2D eigenvalue weighted by atomic mass is 32.2. The highest BCUT2D eigenvalue weighted by Gasteiger charge is 2.15. The number of nitrogens with zero attached hydrogens (tertiary/aromatic N) is 3. The molecule has 0 saturated heterocycles. The zero-order valence-corrected chi connectivity index (χ0v) is 8.38. The number of anilines is 1. The summed E-state index contributed by atoms with van der Waals surface area (Å²) in [5.74, 6) is 0.692. The first-order valence-corrected chi connectivity index (χ1v) is 5.34. The highest BCUT2D eigenvalue weighted by molar-refractivity contribution is 7.99. The van der Waals surface area contributed by atoms with Crippen molar-refractivity contribution in [3.63, 3.8) is 0 Å². The van der Waals surface area contributed by atoms with Gasteiger partial charge in [-0.25, -0.2) is 0 Å². The number of nitrogens with one attached hydrogen (secondary N) is 1. The summed E-state index contributed by atoms with van der Waals surface area (Å²) in [7, 11) is 0. The van der Waals surface area contributed by atoms with Gasteiger partial charge in [-0.15, -0.1) is 10.2 Å². The molecule has 0 radical (unpaired) electrons. The van der Waals surface area contributed by atoms with Crippen LogP contribution in [0.2, 0.25) is 0 Å².